The summed E-state index contributed by atoms with van der Waals surface area (Å²) in [5.41, 5.74) is 1.96. The summed E-state index contributed by atoms with van der Waals surface area (Å²) in [7, 11) is 0. The topological polar surface area (TPSA) is 86.3 Å². The highest BCUT2D eigenvalue weighted by molar-refractivity contribution is 6.30. The number of nitrogens with zero attached hydrogens (tertiary/aromatic N) is 2. The van der Waals surface area contributed by atoms with Crippen molar-refractivity contribution in [3.63, 3.8) is 0 Å². The molecule has 1 amide bonds. The summed E-state index contributed by atoms with van der Waals surface area (Å²) in [6.45, 7) is 1.19. The van der Waals surface area contributed by atoms with Crippen molar-refractivity contribution in [2.75, 3.05) is 13.1 Å². The monoisotopic (exact) mass is 359 g/mol. The molecule has 0 bridgehead atoms. The number of halogens is 1. The van der Waals surface area contributed by atoms with Gasteiger partial charge in [-0.2, -0.15) is 5.10 Å². The number of aliphatic carboxylic acids is 1. The third kappa shape index (κ3) is 2.91. The fourth-order valence-electron chi connectivity index (χ4n) is 3.77. The molecule has 130 valence electrons. The van der Waals surface area contributed by atoms with Crippen molar-refractivity contribution in [1.82, 2.24) is 15.1 Å². The Hall–Kier alpha value is -2.34. The van der Waals surface area contributed by atoms with Crippen LogP contribution in [0.25, 0.3) is 11.3 Å². The van der Waals surface area contributed by atoms with Crippen LogP contribution in [0.15, 0.2) is 30.3 Å². The molecule has 1 aliphatic heterocycles. The van der Waals surface area contributed by atoms with Gasteiger partial charge in [0, 0.05) is 23.7 Å². The van der Waals surface area contributed by atoms with Gasteiger partial charge in [-0.3, -0.25) is 14.7 Å². The van der Waals surface area contributed by atoms with Gasteiger partial charge in [0.15, 0.2) is 0 Å². The molecule has 1 saturated carbocycles. The summed E-state index contributed by atoms with van der Waals surface area (Å²) < 4.78 is 0. The fraction of sp³-hybridized carbons (Fsp3) is 0.389. The molecule has 7 heteroatoms. The van der Waals surface area contributed by atoms with Gasteiger partial charge in [0.2, 0.25) is 0 Å². The number of nitrogens with one attached hydrogen (secondary N) is 1. The van der Waals surface area contributed by atoms with E-state index in [1.807, 2.05) is 12.1 Å². The summed E-state index contributed by atoms with van der Waals surface area (Å²) in [6, 6.07) is 9.03. The SMILES string of the molecule is O=C(O)C1CC12CCN(C(=O)c1cc(-c3ccc(Cl)cc3)n[nH]1)CC2. The van der Waals surface area contributed by atoms with E-state index < -0.39 is 5.97 Å². The first-order valence-corrected chi connectivity index (χ1v) is 8.70. The first-order valence-electron chi connectivity index (χ1n) is 8.32. The van der Waals surface area contributed by atoms with Crippen LogP contribution in [-0.2, 0) is 4.79 Å². The number of piperidine rings is 1. The standard InChI is InChI=1S/C18H18ClN3O3/c19-12-3-1-11(2-4-12)14-9-15(21-20-14)16(23)22-7-5-18(6-8-22)10-13(18)17(24)25/h1-4,9,13H,5-8,10H2,(H,20,21)(H,24,25). The second-order valence-electron chi connectivity index (χ2n) is 6.92. The second kappa shape index (κ2) is 5.88. The van der Waals surface area contributed by atoms with E-state index in [-0.39, 0.29) is 17.2 Å². The van der Waals surface area contributed by atoms with Gasteiger partial charge in [-0.1, -0.05) is 23.7 Å². The summed E-state index contributed by atoms with van der Waals surface area (Å²) in [6.07, 6.45) is 2.26. The highest BCUT2D eigenvalue weighted by Gasteiger charge is 2.59. The summed E-state index contributed by atoms with van der Waals surface area (Å²) in [4.78, 5) is 25.6. The zero-order chi connectivity index (χ0) is 17.6. The first-order chi connectivity index (χ1) is 12.0. The molecule has 1 aromatic heterocycles. The molecule has 4 rings (SSSR count). The third-order valence-electron chi connectivity index (χ3n) is 5.48. The average molecular weight is 360 g/mol. The number of carbonyl (C=O) groups excluding carboxylic acids is 1. The Balaban J connectivity index is 1.42. The number of carboxylic acid groups (broad SMARTS) is 1. The smallest absolute Gasteiger partial charge is 0.307 e. The van der Waals surface area contributed by atoms with Gasteiger partial charge in [0.1, 0.15) is 5.69 Å². The van der Waals surface area contributed by atoms with Crippen LogP contribution >= 0.6 is 11.6 Å². The summed E-state index contributed by atoms with van der Waals surface area (Å²) in [5.74, 6) is -1.02. The largest absolute Gasteiger partial charge is 0.481 e. The Labute approximate surface area is 149 Å². The number of aromatic amines is 1. The van der Waals surface area contributed by atoms with Crippen molar-refractivity contribution in [2.45, 2.75) is 19.3 Å². The molecule has 6 nitrogen and oxygen atoms in total. The Bertz CT molecular complexity index is 822. The normalized spacial score (nSPS) is 21.3. The minimum atomic E-state index is -0.707. The molecular formula is C18H18ClN3O3. The maximum absolute atomic E-state index is 12.7. The number of aromatic nitrogens is 2. The van der Waals surface area contributed by atoms with Crippen molar-refractivity contribution in [1.29, 1.82) is 0 Å². The third-order valence-corrected chi connectivity index (χ3v) is 5.73. The lowest BCUT2D eigenvalue weighted by molar-refractivity contribution is -0.139. The van der Waals surface area contributed by atoms with E-state index in [4.69, 9.17) is 16.7 Å². The number of benzene rings is 1. The predicted molar refractivity (Wildman–Crippen MR) is 92.3 cm³/mol. The maximum atomic E-state index is 12.7. The minimum absolute atomic E-state index is 0.0783. The molecule has 1 unspecified atom stereocenters. The predicted octanol–water partition coefficient (Wildman–Crippen LogP) is 3.06. The van der Waals surface area contributed by atoms with E-state index in [2.05, 4.69) is 10.2 Å². The fourth-order valence-corrected chi connectivity index (χ4v) is 3.90. The number of amides is 1. The molecule has 1 aliphatic carbocycles. The van der Waals surface area contributed by atoms with Gasteiger partial charge in [0.25, 0.3) is 5.91 Å². The maximum Gasteiger partial charge on any atom is 0.307 e. The number of likely N-dealkylation sites (tertiary alicyclic amines) is 1. The van der Waals surface area contributed by atoms with Crippen LogP contribution in [0, 0.1) is 11.3 Å². The Morgan fingerprint density at radius 1 is 1.24 bits per heavy atom. The van der Waals surface area contributed by atoms with Gasteiger partial charge in [-0.15, -0.1) is 0 Å². The molecule has 1 atom stereocenters. The number of H-pyrrole nitrogens is 1. The molecule has 1 saturated heterocycles. The second-order valence-corrected chi connectivity index (χ2v) is 7.36. The highest BCUT2D eigenvalue weighted by atomic mass is 35.5. The van der Waals surface area contributed by atoms with Crippen LogP contribution in [0.2, 0.25) is 5.02 Å². The number of hydrogen-bond acceptors (Lipinski definition) is 3. The van der Waals surface area contributed by atoms with E-state index in [0.717, 1.165) is 24.8 Å². The molecule has 1 aromatic carbocycles. The van der Waals surface area contributed by atoms with Crippen molar-refractivity contribution in [3.8, 4) is 11.3 Å². The van der Waals surface area contributed by atoms with E-state index >= 15 is 0 Å². The molecule has 2 heterocycles. The summed E-state index contributed by atoms with van der Waals surface area (Å²) >= 11 is 5.89. The van der Waals surface area contributed by atoms with Gasteiger partial charge in [-0.05, 0) is 42.9 Å². The van der Waals surface area contributed by atoms with Crippen LogP contribution in [0.1, 0.15) is 29.8 Å². The van der Waals surface area contributed by atoms with Gasteiger partial charge < -0.3 is 10.0 Å². The molecule has 0 radical (unpaired) electrons. The zero-order valence-corrected chi connectivity index (χ0v) is 14.3. The van der Waals surface area contributed by atoms with Crippen molar-refractivity contribution < 1.29 is 14.7 Å². The van der Waals surface area contributed by atoms with Crippen LogP contribution in [0.3, 0.4) is 0 Å². The number of hydrogen-bond donors (Lipinski definition) is 2. The molecule has 2 aliphatic rings. The van der Waals surface area contributed by atoms with Crippen LogP contribution in [0.4, 0.5) is 0 Å². The Kier molecular flexibility index (Phi) is 3.80. The average Bonchev–Trinajstić information content (AvgIpc) is 3.09. The highest BCUT2D eigenvalue weighted by Crippen LogP contribution is 2.59. The molecule has 2 fully saturated rings. The van der Waals surface area contributed by atoms with Crippen molar-refractivity contribution in [2.24, 2.45) is 11.3 Å². The van der Waals surface area contributed by atoms with E-state index in [1.165, 1.54) is 0 Å². The first kappa shape index (κ1) is 16.1. The number of carbonyl (C=O) groups is 2. The zero-order valence-electron chi connectivity index (χ0n) is 13.5. The van der Waals surface area contributed by atoms with Gasteiger partial charge in [-0.25, -0.2) is 0 Å². The summed E-state index contributed by atoms with van der Waals surface area (Å²) in [5, 5.41) is 16.8. The van der Waals surface area contributed by atoms with Crippen LogP contribution in [-0.4, -0.2) is 45.2 Å². The minimum Gasteiger partial charge on any atom is -0.481 e. The lowest BCUT2D eigenvalue weighted by atomic mass is 9.90. The molecule has 25 heavy (non-hydrogen) atoms. The van der Waals surface area contributed by atoms with Crippen LogP contribution in [0.5, 0.6) is 0 Å². The Morgan fingerprint density at radius 3 is 2.52 bits per heavy atom. The van der Waals surface area contributed by atoms with E-state index in [0.29, 0.717) is 29.5 Å². The van der Waals surface area contributed by atoms with Gasteiger partial charge >= 0.3 is 5.97 Å². The molecular weight excluding hydrogens is 342 g/mol. The lowest BCUT2D eigenvalue weighted by Gasteiger charge is -2.32. The van der Waals surface area contributed by atoms with Crippen molar-refractivity contribution in [3.05, 3.63) is 41.0 Å². The number of carboxylic acids is 1. The van der Waals surface area contributed by atoms with Crippen LogP contribution < -0.4 is 0 Å². The van der Waals surface area contributed by atoms with E-state index in [9.17, 15) is 9.59 Å². The molecule has 1 spiro atoms. The molecule has 2 aromatic rings. The van der Waals surface area contributed by atoms with Crippen molar-refractivity contribution >= 4 is 23.5 Å². The molecule has 2 N–H and O–H groups in total. The Morgan fingerprint density at radius 2 is 1.92 bits per heavy atom. The van der Waals surface area contributed by atoms with E-state index in [1.54, 1.807) is 23.1 Å². The van der Waals surface area contributed by atoms with Gasteiger partial charge in [0.05, 0.1) is 11.6 Å². The quantitative estimate of drug-likeness (QED) is 0.881. The lowest BCUT2D eigenvalue weighted by Crippen LogP contribution is -2.40. The number of rotatable bonds is 3.